The second-order valence-corrected chi connectivity index (χ2v) is 16.9. The second-order valence-electron chi connectivity index (χ2n) is 15.9. The number of rotatable bonds is 7. The van der Waals surface area contributed by atoms with Crippen LogP contribution in [0.15, 0.2) is 186 Å². The van der Waals surface area contributed by atoms with Crippen LogP contribution in [0.1, 0.15) is 35.4 Å². The molecule has 0 N–H and O–H groups in total. The highest BCUT2D eigenvalue weighted by Gasteiger charge is 2.21. The van der Waals surface area contributed by atoms with Crippen molar-refractivity contribution < 1.29 is 4.42 Å². The number of benzene rings is 8. The predicted octanol–water partition coefficient (Wildman–Crippen LogP) is 14.0. The van der Waals surface area contributed by atoms with Gasteiger partial charge in [-0.25, -0.2) is 0 Å². The summed E-state index contributed by atoms with van der Waals surface area (Å²) in [6, 6.07) is 67.2. The highest BCUT2D eigenvalue weighted by Crippen LogP contribution is 2.41. The van der Waals surface area contributed by atoms with Gasteiger partial charge in [0.1, 0.15) is 11.0 Å². The number of fused-ring (bicyclic) bond motifs is 9. The van der Waals surface area contributed by atoms with Gasteiger partial charge in [0.25, 0.3) is 0 Å². The highest BCUT2D eigenvalue weighted by atomic mass is 32.1. The molecule has 1 atom stereocenters. The van der Waals surface area contributed by atoms with Gasteiger partial charge >= 0.3 is 0 Å². The lowest BCUT2D eigenvalue weighted by Gasteiger charge is -2.20. The van der Waals surface area contributed by atoms with Crippen LogP contribution < -0.4 is 10.6 Å². The summed E-state index contributed by atoms with van der Waals surface area (Å²) in [5.74, 6) is 0.161. The van der Waals surface area contributed by atoms with E-state index in [0.29, 0.717) is 0 Å². The van der Waals surface area contributed by atoms with Crippen molar-refractivity contribution >= 4 is 76.4 Å². The summed E-state index contributed by atoms with van der Waals surface area (Å²) in [4.78, 5) is 0. The van der Waals surface area contributed by atoms with Crippen LogP contribution in [0.3, 0.4) is 0 Å². The van der Waals surface area contributed by atoms with Crippen molar-refractivity contribution in [3.8, 4) is 27.9 Å². The molecule has 3 aromatic heterocycles. The molecular weight excluding hydrogens is 735 g/mol. The quantitative estimate of drug-likeness (QED) is 0.158. The molecule has 12 rings (SSSR count). The van der Waals surface area contributed by atoms with Gasteiger partial charge in [0, 0.05) is 58.7 Å². The fourth-order valence-corrected chi connectivity index (χ4v) is 10.8. The Bertz CT molecular complexity index is 3460. The van der Waals surface area contributed by atoms with Crippen LogP contribution in [-0.4, -0.2) is 4.57 Å². The van der Waals surface area contributed by atoms with Crippen molar-refractivity contribution in [3.05, 3.63) is 209 Å². The molecule has 1 aliphatic rings. The molecule has 3 heterocycles. The highest BCUT2D eigenvalue weighted by molar-refractivity contribution is 7.26. The van der Waals surface area contributed by atoms with E-state index in [1.54, 1.807) is 0 Å². The predicted molar refractivity (Wildman–Crippen MR) is 250 cm³/mol. The number of hydrogen-bond acceptors (Lipinski definition) is 2. The summed E-state index contributed by atoms with van der Waals surface area (Å²) < 4.78 is 11.9. The monoisotopic (exact) mass is 773 g/mol. The second kappa shape index (κ2) is 13.9. The zero-order valence-electron chi connectivity index (χ0n) is 32.4. The molecule has 1 unspecified atom stereocenters. The van der Waals surface area contributed by atoms with Crippen LogP contribution >= 0.6 is 11.3 Å². The maximum atomic E-state index is 6.77. The molecule has 0 fully saturated rings. The molecule has 1 aliphatic carbocycles. The minimum Gasteiger partial charge on any atom is -0.456 e. The molecule has 3 heteroatoms. The molecule has 280 valence electrons. The lowest BCUT2D eigenvalue weighted by molar-refractivity contribution is 0.572. The van der Waals surface area contributed by atoms with Gasteiger partial charge in [-0.3, -0.25) is 0 Å². The SMILES string of the molecule is C1=c2oc3c(-c4ccc(C(Cc5cccc6c5sc5ccccc56)c5ccc(-c6ccccc6)cc5)cc4)cc(-n4c5ccccc5c5ccccc54)cc3c2=CCC1. The van der Waals surface area contributed by atoms with E-state index in [2.05, 4.69) is 199 Å². The molecule has 0 aliphatic heterocycles. The van der Waals surface area contributed by atoms with Crippen molar-refractivity contribution in [1.82, 2.24) is 4.57 Å². The molecule has 0 saturated heterocycles. The first-order valence-corrected chi connectivity index (χ1v) is 21.5. The van der Waals surface area contributed by atoms with E-state index in [1.165, 1.54) is 80.4 Å². The van der Waals surface area contributed by atoms with Gasteiger partial charge in [0.05, 0.1) is 11.0 Å². The van der Waals surface area contributed by atoms with Gasteiger partial charge in [0.15, 0.2) is 0 Å². The molecule has 0 spiro atoms. The van der Waals surface area contributed by atoms with Gasteiger partial charge in [0.2, 0.25) is 0 Å². The topological polar surface area (TPSA) is 18.1 Å². The zero-order valence-corrected chi connectivity index (χ0v) is 33.3. The van der Waals surface area contributed by atoms with Crippen LogP contribution in [0.2, 0.25) is 0 Å². The summed E-state index contributed by atoms with van der Waals surface area (Å²) in [7, 11) is 0. The summed E-state index contributed by atoms with van der Waals surface area (Å²) in [6.45, 7) is 0. The Morgan fingerprint density at radius 3 is 1.86 bits per heavy atom. The average Bonchev–Trinajstić information content (AvgIpc) is 3.99. The molecule has 8 aromatic carbocycles. The molecule has 59 heavy (non-hydrogen) atoms. The maximum Gasteiger partial charge on any atom is 0.143 e. The average molecular weight is 774 g/mol. The molecule has 2 nitrogen and oxygen atoms in total. The third kappa shape index (κ3) is 5.68. The van der Waals surface area contributed by atoms with Crippen molar-refractivity contribution in [1.29, 1.82) is 0 Å². The van der Waals surface area contributed by atoms with E-state index in [-0.39, 0.29) is 5.92 Å². The Balaban J connectivity index is 1.01. The summed E-state index contributed by atoms with van der Waals surface area (Å²) in [6.07, 6.45) is 7.54. The maximum absolute atomic E-state index is 6.77. The summed E-state index contributed by atoms with van der Waals surface area (Å²) >= 11 is 1.92. The lowest BCUT2D eigenvalue weighted by atomic mass is 9.84. The minimum atomic E-state index is 0.161. The Morgan fingerprint density at radius 1 is 0.508 bits per heavy atom. The number of hydrogen-bond donors (Lipinski definition) is 0. The number of nitrogens with zero attached hydrogens (tertiary/aromatic N) is 1. The van der Waals surface area contributed by atoms with E-state index in [0.717, 1.165) is 47.1 Å². The van der Waals surface area contributed by atoms with Gasteiger partial charge in [-0.1, -0.05) is 158 Å². The third-order valence-corrected chi connectivity index (χ3v) is 13.7. The Hall–Kier alpha value is -6.94. The van der Waals surface area contributed by atoms with E-state index in [1.807, 2.05) is 11.3 Å². The Morgan fingerprint density at radius 2 is 1.12 bits per heavy atom. The molecule has 0 saturated carbocycles. The van der Waals surface area contributed by atoms with Crippen LogP contribution in [-0.2, 0) is 6.42 Å². The lowest BCUT2D eigenvalue weighted by Crippen LogP contribution is -2.22. The van der Waals surface area contributed by atoms with E-state index in [4.69, 9.17) is 4.42 Å². The Kier molecular flexibility index (Phi) is 8.02. The molecule has 0 amide bonds. The number of furan rings is 1. The van der Waals surface area contributed by atoms with Crippen molar-refractivity contribution in [2.75, 3.05) is 0 Å². The van der Waals surface area contributed by atoms with Crippen LogP contribution in [0.4, 0.5) is 0 Å². The summed E-state index contributed by atoms with van der Waals surface area (Å²) in [5.41, 5.74) is 14.2. The third-order valence-electron chi connectivity index (χ3n) is 12.5. The fourth-order valence-electron chi connectivity index (χ4n) is 9.62. The van der Waals surface area contributed by atoms with E-state index in [9.17, 15) is 0 Å². The number of aromatic nitrogens is 1. The van der Waals surface area contributed by atoms with E-state index >= 15 is 0 Å². The fraction of sp³-hybridized carbons (Fsp3) is 0.0714. The first kappa shape index (κ1) is 34.1. The largest absolute Gasteiger partial charge is 0.456 e. The molecular formula is C56H39NOS. The molecule has 0 bridgehead atoms. The Labute approximate surface area is 346 Å². The minimum absolute atomic E-state index is 0.161. The van der Waals surface area contributed by atoms with Crippen molar-refractivity contribution in [2.24, 2.45) is 0 Å². The smallest absolute Gasteiger partial charge is 0.143 e. The van der Waals surface area contributed by atoms with Gasteiger partial charge in [-0.05, 0) is 89.1 Å². The number of thiophene rings is 1. The van der Waals surface area contributed by atoms with Crippen LogP contribution in [0.25, 0.3) is 93.0 Å². The normalized spacial score (nSPS) is 13.2. The molecule has 11 aromatic rings. The summed E-state index contributed by atoms with van der Waals surface area (Å²) in [5, 5.41) is 7.59. The first-order valence-electron chi connectivity index (χ1n) is 20.7. The van der Waals surface area contributed by atoms with Gasteiger partial charge in [-0.15, -0.1) is 11.3 Å². The van der Waals surface area contributed by atoms with Crippen molar-refractivity contribution in [3.63, 3.8) is 0 Å². The van der Waals surface area contributed by atoms with Gasteiger partial charge in [-0.2, -0.15) is 0 Å². The standard InChI is InChI=1S/C56H39NOS/c1-2-13-36(14-3-1)37-25-27-38(28-26-37)48(33-41-15-12-20-47-46-19-7-11-24-54(46)59-56(41)47)39-29-31-40(32-30-39)49-34-42(35-50-45-18-6-10-23-53(45)58-55(49)50)57-51-21-8-4-16-43(51)44-17-5-9-22-52(44)57/h1-5,7-9,11-32,34-35,48H,6,10,33H2. The first-order chi connectivity index (χ1) is 29.2. The molecule has 0 radical (unpaired) electrons. The van der Waals surface area contributed by atoms with Crippen LogP contribution in [0.5, 0.6) is 0 Å². The van der Waals surface area contributed by atoms with E-state index < -0.39 is 0 Å². The van der Waals surface area contributed by atoms with Crippen molar-refractivity contribution in [2.45, 2.75) is 25.2 Å². The zero-order chi connectivity index (χ0) is 38.9. The number of para-hydroxylation sites is 2. The van der Waals surface area contributed by atoms with Gasteiger partial charge < -0.3 is 8.98 Å². The van der Waals surface area contributed by atoms with Crippen LogP contribution in [0, 0.1) is 0 Å².